The van der Waals surface area contributed by atoms with Crippen molar-refractivity contribution in [1.82, 2.24) is 4.57 Å². The average molecular weight is 279 g/mol. The van der Waals surface area contributed by atoms with E-state index in [0.717, 1.165) is 36.9 Å². The molecule has 2 N–H and O–H groups in total. The monoisotopic (exact) mass is 279 g/mol. The third kappa shape index (κ3) is 3.35. The van der Waals surface area contributed by atoms with Crippen molar-refractivity contribution in [1.29, 1.82) is 0 Å². The van der Waals surface area contributed by atoms with Gasteiger partial charge < -0.3 is 19.9 Å². The van der Waals surface area contributed by atoms with Crippen LogP contribution in [0.4, 0.5) is 11.4 Å². The number of nitrogens with one attached hydrogen (secondary N) is 1. The maximum Gasteiger partial charge on any atom is 0.275 e. The Bertz CT molecular complexity index is 547. The molecule has 0 bridgehead atoms. The fourth-order valence-corrected chi connectivity index (χ4v) is 2.12. The third-order valence-electron chi connectivity index (χ3n) is 3.32. The van der Waals surface area contributed by atoms with Crippen LogP contribution in [0.2, 0.25) is 0 Å². The van der Waals surface area contributed by atoms with Gasteiger partial charge in [-0.25, -0.2) is 0 Å². The van der Waals surface area contributed by atoms with Crippen molar-refractivity contribution in [3.63, 3.8) is 0 Å². The smallest absolute Gasteiger partial charge is 0.275 e. The summed E-state index contributed by atoms with van der Waals surface area (Å²) in [4.78, 5) is 14.3. The highest BCUT2D eigenvalue weighted by atomic mass is 16.2. The zero-order chi connectivity index (χ0) is 15.3. The highest BCUT2D eigenvalue weighted by molar-refractivity contribution is 5.74. The number of hydrogen-bond donors (Lipinski definition) is 2. The van der Waals surface area contributed by atoms with Gasteiger partial charge in [-0.05, 0) is 25.8 Å². The van der Waals surface area contributed by atoms with Crippen LogP contribution in [-0.4, -0.2) is 23.3 Å². The molecule has 1 heterocycles. The first-order valence-electron chi connectivity index (χ1n) is 6.97. The van der Waals surface area contributed by atoms with Crippen LogP contribution in [0.15, 0.2) is 23.0 Å². The predicted octanol–water partition coefficient (Wildman–Crippen LogP) is 2.63. The molecule has 0 radical (unpaired) electrons. The van der Waals surface area contributed by atoms with E-state index in [1.807, 2.05) is 25.1 Å². The molecule has 0 saturated heterocycles. The fourth-order valence-electron chi connectivity index (χ4n) is 2.12. The number of aryl methyl sites for hydroxylation is 2. The highest BCUT2D eigenvalue weighted by Crippen LogP contribution is 2.27. The number of anilines is 2. The van der Waals surface area contributed by atoms with Crippen LogP contribution < -0.4 is 15.8 Å². The maximum atomic E-state index is 12.4. The Morgan fingerprint density at radius 1 is 1.50 bits per heavy atom. The van der Waals surface area contributed by atoms with Crippen molar-refractivity contribution in [2.75, 3.05) is 23.8 Å². The van der Waals surface area contributed by atoms with Crippen LogP contribution in [0.3, 0.4) is 0 Å². The van der Waals surface area contributed by atoms with E-state index in [1.165, 1.54) is 0 Å². The Kier molecular flexibility index (Phi) is 5.67. The van der Waals surface area contributed by atoms with Crippen molar-refractivity contribution in [3.05, 3.63) is 34.1 Å². The van der Waals surface area contributed by atoms with Crippen molar-refractivity contribution >= 4 is 11.4 Å². The fraction of sp³-hybridized carbons (Fsp3) is 0.533. The molecular formula is C15H25N3O2. The quantitative estimate of drug-likeness (QED) is 0.786. The lowest BCUT2D eigenvalue weighted by atomic mass is 10.1. The molecule has 0 aliphatic heterocycles. The number of rotatable bonds is 6. The largest absolute Gasteiger partial charge is 0.514 e. The Hall–Kier alpha value is -1.91. The van der Waals surface area contributed by atoms with Crippen molar-refractivity contribution in [3.8, 4) is 0 Å². The highest BCUT2D eigenvalue weighted by Gasteiger charge is 2.17. The molecule has 0 aliphatic rings. The number of hydrogen-bond acceptors (Lipinski definition) is 4. The van der Waals surface area contributed by atoms with Gasteiger partial charge in [-0.15, -0.1) is 0 Å². The molecule has 5 heteroatoms. The van der Waals surface area contributed by atoms with Gasteiger partial charge in [0.15, 0.2) is 0 Å². The normalized spacial score (nSPS) is 11.6. The van der Waals surface area contributed by atoms with Crippen LogP contribution in [0.1, 0.15) is 32.8 Å². The van der Waals surface area contributed by atoms with E-state index in [0.29, 0.717) is 11.4 Å². The minimum atomic E-state index is -0.0394. The number of aliphatic hydroxyl groups is 1. The molecule has 1 rings (SSSR count). The second kappa shape index (κ2) is 7.03. The first-order valence-corrected chi connectivity index (χ1v) is 6.97. The molecule has 112 valence electrons. The molecule has 0 aromatic carbocycles. The van der Waals surface area contributed by atoms with Gasteiger partial charge in [0.05, 0.1) is 11.9 Å². The molecule has 5 nitrogen and oxygen atoms in total. The lowest BCUT2D eigenvalue weighted by Gasteiger charge is -2.24. The molecule has 0 amide bonds. The van der Waals surface area contributed by atoms with Gasteiger partial charge >= 0.3 is 0 Å². The number of aromatic nitrogens is 1. The Morgan fingerprint density at radius 2 is 2.15 bits per heavy atom. The summed E-state index contributed by atoms with van der Waals surface area (Å²) in [6.45, 7) is 6.61. The number of allylic oxidation sites excluding steroid dienone is 1. The van der Waals surface area contributed by atoms with Gasteiger partial charge in [0.25, 0.3) is 5.56 Å². The number of pyridine rings is 1. The first kappa shape index (κ1) is 16.1. The van der Waals surface area contributed by atoms with E-state index in [1.54, 1.807) is 18.5 Å². The molecular weight excluding hydrogens is 254 g/mol. The van der Waals surface area contributed by atoms with Crippen molar-refractivity contribution < 1.29 is 5.11 Å². The van der Waals surface area contributed by atoms with Gasteiger partial charge in [-0.2, -0.15) is 0 Å². The zero-order valence-corrected chi connectivity index (χ0v) is 13.0. The third-order valence-corrected chi connectivity index (χ3v) is 3.32. The summed E-state index contributed by atoms with van der Waals surface area (Å²) in [5.74, 6) is 0. The standard InChI is InChI=1S/C15H25N3O2/c1-6-8-12-9-18(5)15(20)14(17(4)7-2)13(12)16-11(3)10-19/h9-10,16,19H,6-8H2,1-5H3/b11-10-. The molecule has 0 atom stereocenters. The van der Waals surface area contributed by atoms with Crippen molar-refractivity contribution in [2.24, 2.45) is 7.05 Å². The van der Waals surface area contributed by atoms with Gasteiger partial charge in [0, 0.05) is 32.5 Å². The molecule has 0 spiro atoms. The molecule has 0 fully saturated rings. The van der Waals surface area contributed by atoms with Crippen LogP contribution >= 0.6 is 0 Å². The molecule has 0 saturated carbocycles. The lowest BCUT2D eigenvalue weighted by Crippen LogP contribution is -2.30. The van der Waals surface area contributed by atoms with Crippen molar-refractivity contribution in [2.45, 2.75) is 33.6 Å². The summed E-state index contributed by atoms with van der Waals surface area (Å²) in [6, 6.07) is 0. The van der Waals surface area contributed by atoms with E-state index in [9.17, 15) is 4.79 Å². The van der Waals surface area contributed by atoms with Crippen LogP contribution in [0.5, 0.6) is 0 Å². The molecule has 0 unspecified atom stereocenters. The predicted molar refractivity (Wildman–Crippen MR) is 84.6 cm³/mol. The summed E-state index contributed by atoms with van der Waals surface area (Å²) in [5.41, 5.74) is 3.08. The van der Waals surface area contributed by atoms with E-state index in [4.69, 9.17) is 5.11 Å². The Morgan fingerprint density at radius 3 is 2.65 bits per heavy atom. The second-order valence-electron chi connectivity index (χ2n) is 5.00. The van der Waals surface area contributed by atoms with E-state index < -0.39 is 0 Å². The summed E-state index contributed by atoms with van der Waals surface area (Å²) in [7, 11) is 3.67. The zero-order valence-electron chi connectivity index (χ0n) is 13.0. The Balaban J connectivity index is 3.54. The topological polar surface area (TPSA) is 57.5 Å². The maximum absolute atomic E-state index is 12.4. The van der Waals surface area contributed by atoms with E-state index in [2.05, 4.69) is 12.2 Å². The minimum absolute atomic E-state index is 0.0394. The number of nitrogens with zero attached hydrogens (tertiary/aromatic N) is 2. The molecule has 1 aromatic rings. The number of aliphatic hydroxyl groups excluding tert-OH is 1. The van der Waals surface area contributed by atoms with Gasteiger partial charge in [0.2, 0.25) is 0 Å². The van der Waals surface area contributed by atoms with Crippen LogP contribution in [0, 0.1) is 0 Å². The lowest BCUT2D eigenvalue weighted by molar-refractivity contribution is 0.468. The molecule has 1 aromatic heterocycles. The van der Waals surface area contributed by atoms with E-state index in [-0.39, 0.29) is 5.56 Å². The van der Waals surface area contributed by atoms with Gasteiger partial charge in [-0.3, -0.25) is 4.79 Å². The summed E-state index contributed by atoms with van der Waals surface area (Å²) < 4.78 is 1.62. The Labute approximate surface area is 120 Å². The SMILES string of the molecule is CCCc1cn(C)c(=O)c(N(C)CC)c1N/C(C)=C\O. The van der Waals surface area contributed by atoms with Crippen LogP contribution in [-0.2, 0) is 13.5 Å². The summed E-state index contributed by atoms with van der Waals surface area (Å²) >= 11 is 0. The summed E-state index contributed by atoms with van der Waals surface area (Å²) in [6.07, 6.45) is 4.75. The van der Waals surface area contributed by atoms with E-state index >= 15 is 0 Å². The second-order valence-corrected chi connectivity index (χ2v) is 5.00. The molecule has 20 heavy (non-hydrogen) atoms. The minimum Gasteiger partial charge on any atom is -0.514 e. The summed E-state index contributed by atoms with van der Waals surface area (Å²) in [5, 5.41) is 12.3. The average Bonchev–Trinajstić information content (AvgIpc) is 2.43. The van der Waals surface area contributed by atoms with Gasteiger partial charge in [0.1, 0.15) is 5.69 Å². The first-order chi connectivity index (χ1) is 9.46. The van der Waals surface area contributed by atoms with Gasteiger partial charge in [-0.1, -0.05) is 13.3 Å². The van der Waals surface area contributed by atoms with Crippen LogP contribution in [0.25, 0.3) is 0 Å². The molecule has 0 aliphatic carbocycles.